The number of aromatic hydroxyl groups is 1. The van der Waals surface area contributed by atoms with Crippen LogP contribution in [0, 0.1) is 10.1 Å². The number of phenols is 1. The van der Waals surface area contributed by atoms with Gasteiger partial charge in [-0.25, -0.2) is 0 Å². The number of carbonyl (C=O) groups is 3. The maximum absolute atomic E-state index is 12.7. The Morgan fingerprint density at radius 2 is 2.00 bits per heavy atom. The highest BCUT2D eigenvalue weighted by Crippen LogP contribution is 2.39. The Balaban J connectivity index is 1.79. The molecule has 12 heteroatoms. The van der Waals surface area contributed by atoms with Crippen LogP contribution in [0.4, 0.5) is 16.2 Å². The fourth-order valence-electron chi connectivity index (χ4n) is 2.77. The summed E-state index contributed by atoms with van der Waals surface area (Å²) in [6, 6.07) is 8.66. The summed E-state index contributed by atoms with van der Waals surface area (Å²) >= 11 is 6.38. The summed E-state index contributed by atoms with van der Waals surface area (Å²) in [6.45, 7) is 1.27. The minimum Gasteiger partial charge on any atom is -0.500 e. The quantitative estimate of drug-likeness (QED) is 0.346. The number of nitrogens with zero attached hydrogens (tertiary/aromatic N) is 2. The molecule has 0 radical (unpaired) electrons. The van der Waals surface area contributed by atoms with Crippen molar-refractivity contribution in [2.75, 3.05) is 18.5 Å². The Labute approximate surface area is 190 Å². The zero-order chi connectivity index (χ0) is 23.4. The Kier molecular flexibility index (Phi) is 7.01. The second-order valence-corrected chi connectivity index (χ2v) is 7.83. The van der Waals surface area contributed by atoms with Crippen LogP contribution in [0.15, 0.2) is 41.3 Å². The molecule has 0 saturated carbocycles. The number of benzene rings is 2. The van der Waals surface area contributed by atoms with E-state index in [1.54, 1.807) is 31.2 Å². The summed E-state index contributed by atoms with van der Waals surface area (Å²) in [6.07, 6.45) is 1.26. The van der Waals surface area contributed by atoms with Crippen molar-refractivity contribution in [3.63, 3.8) is 0 Å². The number of amides is 3. The van der Waals surface area contributed by atoms with E-state index < -0.39 is 40.0 Å². The molecule has 10 nitrogen and oxygen atoms in total. The zero-order valence-electron chi connectivity index (χ0n) is 16.5. The van der Waals surface area contributed by atoms with Crippen LogP contribution in [0.1, 0.15) is 12.5 Å². The number of hydrogen-bond acceptors (Lipinski definition) is 8. The molecule has 0 unspecified atom stereocenters. The average Bonchev–Trinajstić information content (AvgIpc) is 2.99. The van der Waals surface area contributed by atoms with Gasteiger partial charge in [-0.2, -0.15) is 0 Å². The second-order valence-electron chi connectivity index (χ2n) is 6.40. The number of nitro groups is 1. The normalized spacial score (nSPS) is 14.7. The summed E-state index contributed by atoms with van der Waals surface area (Å²) in [5, 5.41) is 23.6. The fourth-order valence-corrected chi connectivity index (χ4v) is 3.73. The first-order valence-corrected chi connectivity index (χ1v) is 10.3. The SMILES string of the molecule is CCOc1cc(/C=C2\SC(=O)N(CC(=O)Nc3ccc(Cl)cc3)C2=O)cc([N+](=O)[O-])c1O. The summed E-state index contributed by atoms with van der Waals surface area (Å²) in [5.74, 6) is -2.08. The molecule has 2 aromatic rings. The van der Waals surface area contributed by atoms with Gasteiger partial charge < -0.3 is 15.2 Å². The van der Waals surface area contributed by atoms with Crippen molar-refractivity contribution in [2.45, 2.75) is 6.92 Å². The molecule has 166 valence electrons. The molecule has 1 fully saturated rings. The average molecular weight is 478 g/mol. The number of hydrogen-bond donors (Lipinski definition) is 2. The predicted octanol–water partition coefficient (Wildman–Crippen LogP) is 4.03. The molecule has 1 aliphatic heterocycles. The molecule has 1 aliphatic rings. The molecule has 3 rings (SSSR count). The Morgan fingerprint density at radius 1 is 1.31 bits per heavy atom. The number of ether oxygens (including phenoxy) is 1. The van der Waals surface area contributed by atoms with E-state index in [2.05, 4.69) is 5.32 Å². The van der Waals surface area contributed by atoms with Crippen molar-refractivity contribution >= 4 is 57.9 Å². The topological polar surface area (TPSA) is 139 Å². The monoisotopic (exact) mass is 477 g/mol. The van der Waals surface area contributed by atoms with Crippen LogP contribution in [-0.2, 0) is 9.59 Å². The van der Waals surface area contributed by atoms with Crippen molar-refractivity contribution in [3.8, 4) is 11.5 Å². The van der Waals surface area contributed by atoms with E-state index >= 15 is 0 Å². The van der Waals surface area contributed by atoms with Crippen LogP contribution < -0.4 is 10.1 Å². The van der Waals surface area contributed by atoms with E-state index in [0.29, 0.717) is 22.5 Å². The largest absolute Gasteiger partial charge is 0.500 e. The minimum atomic E-state index is -0.790. The standard InChI is InChI=1S/C20H16ClN3O7S/c1-2-31-15-8-11(7-14(18(15)26)24(29)30)9-16-19(27)23(20(28)32-16)10-17(25)22-13-5-3-12(21)4-6-13/h3-9,26H,2,10H2,1H3,(H,22,25)/b16-9-. The summed E-state index contributed by atoms with van der Waals surface area (Å²) in [7, 11) is 0. The van der Waals surface area contributed by atoms with Gasteiger partial charge in [-0.05, 0) is 60.7 Å². The Morgan fingerprint density at radius 3 is 2.62 bits per heavy atom. The number of imide groups is 1. The van der Waals surface area contributed by atoms with Gasteiger partial charge in [-0.1, -0.05) is 11.6 Å². The fraction of sp³-hybridized carbons (Fsp3) is 0.150. The molecule has 0 aliphatic carbocycles. The highest BCUT2D eigenvalue weighted by molar-refractivity contribution is 8.18. The lowest BCUT2D eigenvalue weighted by atomic mass is 10.1. The molecular formula is C20H16ClN3O7S. The highest BCUT2D eigenvalue weighted by Gasteiger charge is 2.36. The molecule has 3 amide bonds. The smallest absolute Gasteiger partial charge is 0.315 e. The maximum atomic E-state index is 12.7. The lowest BCUT2D eigenvalue weighted by Gasteiger charge is -2.12. The predicted molar refractivity (Wildman–Crippen MR) is 119 cm³/mol. The van der Waals surface area contributed by atoms with Crippen LogP contribution in [0.2, 0.25) is 5.02 Å². The van der Waals surface area contributed by atoms with E-state index in [0.717, 1.165) is 11.0 Å². The number of nitro benzene ring substituents is 1. The third-order valence-electron chi connectivity index (χ3n) is 4.17. The molecule has 0 bridgehead atoms. The van der Waals surface area contributed by atoms with E-state index in [-0.39, 0.29) is 22.8 Å². The van der Waals surface area contributed by atoms with Crippen molar-refractivity contribution in [1.29, 1.82) is 0 Å². The third-order valence-corrected chi connectivity index (χ3v) is 5.33. The molecule has 32 heavy (non-hydrogen) atoms. The van der Waals surface area contributed by atoms with E-state index in [1.807, 2.05) is 0 Å². The third kappa shape index (κ3) is 5.18. The van der Waals surface area contributed by atoms with Gasteiger partial charge in [0.05, 0.1) is 16.4 Å². The Hall–Kier alpha value is -3.57. The first-order chi connectivity index (χ1) is 15.2. The molecule has 0 aromatic heterocycles. The van der Waals surface area contributed by atoms with Crippen LogP contribution in [0.5, 0.6) is 11.5 Å². The van der Waals surface area contributed by atoms with Crippen LogP contribution in [0.3, 0.4) is 0 Å². The van der Waals surface area contributed by atoms with Gasteiger partial charge in [0.1, 0.15) is 6.54 Å². The molecule has 2 N–H and O–H groups in total. The number of thioether (sulfide) groups is 1. The second kappa shape index (κ2) is 9.71. The van der Waals surface area contributed by atoms with E-state index in [9.17, 15) is 29.6 Å². The van der Waals surface area contributed by atoms with Gasteiger partial charge in [0.25, 0.3) is 11.1 Å². The minimum absolute atomic E-state index is 0.0308. The van der Waals surface area contributed by atoms with E-state index in [1.165, 1.54) is 12.1 Å². The number of carbonyl (C=O) groups excluding carboxylic acids is 3. The van der Waals surface area contributed by atoms with Gasteiger partial charge in [0, 0.05) is 16.8 Å². The van der Waals surface area contributed by atoms with Gasteiger partial charge in [0.2, 0.25) is 11.7 Å². The van der Waals surface area contributed by atoms with E-state index in [4.69, 9.17) is 16.3 Å². The van der Waals surface area contributed by atoms with Crippen LogP contribution in [-0.4, -0.2) is 45.1 Å². The summed E-state index contributed by atoms with van der Waals surface area (Å²) < 4.78 is 5.20. The first-order valence-electron chi connectivity index (χ1n) is 9.14. The first kappa shape index (κ1) is 23.1. The molecular weight excluding hydrogens is 462 g/mol. The van der Waals surface area contributed by atoms with Gasteiger partial charge in [0.15, 0.2) is 5.75 Å². The molecule has 2 aromatic carbocycles. The number of phenolic OH excluding ortho intramolecular Hbond substituents is 1. The molecule has 1 heterocycles. The number of nitrogens with one attached hydrogen (secondary N) is 1. The maximum Gasteiger partial charge on any atom is 0.315 e. The van der Waals surface area contributed by atoms with Gasteiger partial charge >= 0.3 is 5.69 Å². The van der Waals surface area contributed by atoms with Gasteiger partial charge in [-0.15, -0.1) is 0 Å². The van der Waals surface area contributed by atoms with Crippen LogP contribution >= 0.6 is 23.4 Å². The van der Waals surface area contributed by atoms with Crippen LogP contribution in [0.25, 0.3) is 6.08 Å². The lowest BCUT2D eigenvalue weighted by molar-refractivity contribution is -0.386. The number of rotatable bonds is 7. The van der Waals surface area contributed by atoms with Crippen molar-refractivity contribution in [2.24, 2.45) is 0 Å². The number of anilines is 1. The zero-order valence-corrected chi connectivity index (χ0v) is 18.1. The molecule has 0 atom stereocenters. The van der Waals surface area contributed by atoms with Gasteiger partial charge in [-0.3, -0.25) is 29.4 Å². The van der Waals surface area contributed by atoms with Crippen molar-refractivity contribution < 1.29 is 29.2 Å². The lowest BCUT2D eigenvalue weighted by Crippen LogP contribution is -2.36. The van der Waals surface area contributed by atoms with Crippen molar-refractivity contribution in [3.05, 3.63) is 62.0 Å². The molecule has 0 spiro atoms. The van der Waals surface area contributed by atoms with Crippen molar-refractivity contribution in [1.82, 2.24) is 4.90 Å². The highest BCUT2D eigenvalue weighted by atomic mass is 35.5. The Bertz CT molecular complexity index is 1130. The summed E-state index contributed by atoms with van der Waals surface area (Å²) in [4.78, 5) is 48.3. The number of halogens is 1. The summed E-state index contributed by atoms with van der Waals surface area (Å²) in [5.41, 5.74) is 0.0135. The molecule has 1 saturated heterocycles.